The van der Waals surface area contributed by atoms with Gasteiger partial charge in [0.15, 0.2) is 0 Å². The molecule has 0 radical (unpaired) electrons. The van der Waals surface area contributed by atoms with Gasteiger partial charge >= 0.3 is 0 Å². The number of hydrogen-bond acceptors (Lipinski definition) is 2. The highest BCUT2D eigenvalue weighted by Crippen LogP contribution is 2.53. The van der Waals surface area contributed by atoms with Crippen molar-refractivity contribution < 1.29 is 0 Å². The van der Waals surface area contributed by atoms with Gasteiger partial charge in [0.05, 0.1) is 11.0 Å². The second-order valence-corrected chi connectivity index (χ2v) is 20.5. The maximum absolute atomic E-state index is 4.84. The molecule has 0 fully saturated rings. The molecular weight excluding hydrogens is 845 g/mol. The van der Waals surface area contributed by atoms with Crippen LogP contribution < -0.4 is 0 Å². The molecule has 0 spiro atoms. The molecule has 2 aliphatic rings. The summed E-state index contributed by atoms with van der Waals surface area (Å²) in [4.78, 5) is 9.68. The number of nitrogens with zero attached hydrogens (tertiary/aromatic N) is 2. The SMILES string of the molecule is CC1(C)c2cc(-c3cccc(-c4cc5ccccc5c5ncccc45)c3)ccc2-c2ccc(-c3ccc4c(c3)C(C)(C)c3cc(-c5cccc(-c6cc7ccccc7c7ncccc67)c5)ccc3-4)cc21. The van der Waals surface area contributed by atoms with Crippen LogP contribution in [0, 0.1) is 0 Å². The largest absolute Gasteiger partial charge is 0.256 e. The van der Waals surface area contributed by atoms with Crippen LogP contribution in [-0.2, 0) is 10.8 Å². The van der Waals surface area contributed by atoms with E-state index in [-0.39, 0.29) is 10.8 Å². The van der Waals surface area contributed by atoms with Gasteiger partial charge in [0.25, 0.3) is 0 Å². The molecule has 0 unspecified atom stereocenters. The molecule has 0 amide bonds. The smallest absolute Gasteiger partial charge is 0.0786 e. The Morgan fingerprint density at radius 1 is 0.257 bits per heavy atom. The number of fused-ring (bicyclic) bond motifs is 12. The molecule has 0 atom stereocenters. The van der Waals surface area contributed by atoms with Gasteiger partial charge in [-0.05, 0) is 172 Å². The summed E-state index contributed by atoms with van der Waals surface area (Å²) in [7, 11) is 0. The minimum atomic E-state index is -0.174. The van der Waals surface area contributed by atoms with E-state index in [0.717, 1.165) is 11.0 Å². The van der Waals surface area contributed by atoms with Gasteiger partial charge in [-0.3, -0.25) is 9.97 Å². The Bertz CT molecular complexity index is 3920. The van der Waals surface area contributed by atoms with Crippen molar-refractivity contribution in [3.05, 3.63) is 241 Å². The van der Waals surface area contributed by atoms with Crippen molar-refractivity contribution in [3.63, 3.8) is 0 Å². The molecule has 0 aliphatic heterocycles. The van der Waals surface area contributed by atoms with Gasteiger partial charge in [0, 0.05) is 44.8 Å². The van der Waals surface area contributed by atoms with Crippen LogP contribution in [0.4, 0.5) is 0 Å². The molecule has 70 heavy (non-hydrogen) atoms. The van der Waals surface area contributed by atoms with Crippen molar-refractivity contribution in [2.24, 2.45) is 0 Å². The predicted octanol–water partition coefficient (Wildman–Crippen LogP) is 18.0. The zero-order valence-corrected chi connectivity index (χ0v) is 39.7. The number of aromatic nitrogens is 2. The third-order valence-corrected chi connectivity index (χ3v) is 15.9. The predicted molar refractivity (Wildman–Crippen MR) is 294 cm³/mol. The van der Waals surface area contributed by atoms with Gasteiger partial charge in [-0.15, -0.1) is 0 Å². The van der Waals surface area contributed by atoms with E-state index in [0.29, 0.717) is 0 Å². The molecule has 2 aromatic heterocycles. The van der Waals surface area contributed by atoms with E-state index in [1.54, 1.807) is 0 Å². The van der Waals surface area contributed by atoms with E-state index in [1.807, 2.05) is 24.5 Å². The summed E-state index contributed by atoms with van der Waals surface area (Å²) in [5.74, 6) is 0. The first-order valence-corrected chi connectivity index (χ1v) is 24.5. The van der Waals surface area contributed by atoms with Crippen molar-refractivity contribution in [2.75, 3.05) is 0 Å². The Kier molecular flexibility index (Phi) is 8.71. The molecule has 10 aromatic carbocycles. The number of benzene rings is 10. The molecule has 2 heterocycles. The Morgan fingerprint density at radius 2 is 0.586 bits per heavy atom. The summed E-state index contributed by atoms with van der Waals surface area (Å²) in [5.41, 5.74) is 24.8. The maximum atomic E-state index is 4.84. The summed E-state index contributed by atoms with van der Waals surface area (Å²) in [6.45, 7) is 9.58. The van der Waals surface area contributed by atoms with E-state index in [4.69, 9.17) is 9.97 Å². The van der Waals surface area contributed by atoms with E-state index < -0.39 is 0 Å². The lowest BCUT2D eigenvalue weighted by molar-refractivity contribution is 0.660. The van der Waals surface area contributed by atoms with Crippen LogP contribution in [0.1, 0.15) is 49.9 Å². The number of rotatable bonds is 5. The minimum Gasteiger partial charge on any atom is -0.256 e. The van der Waals surface area contributed by atoms with Gasteiger partial charge < -0.3 is 0 Å². The second-order valence-electron chi connectivity index (χ2n) is 20.5. The molecule has 0 saturated carbocycles. The minimum absolute atomic E-state index is 0.174. The lowest BCUT2D eigenvalue weighted by Gasteiger charge is -2.24. The highest BCUT2D eigenvalue weighted by molar-refractivity contribution is 6.13. The van der Waals surface area contributed by atoms with Crippen LogP contribution >= 0.6 is 0 Å². The molecule has 0 saturated heterocycles. The van der Waals surface area contributed by atoms with Crippen LogP contribution in [0.3, 0.4) is 0 Å². The molecule has 2 nitrogen and oxygen atoms in total. The average Bonchev–Trinajstić information content (AvgIpc) is 3.78. The molecule has 2 heteroatoms. The fraction of sp³-hybridized carbons (Fsp3) is 0.0882. The van der Waals surface area contributed by atoms with E-state index in [9.17, 15) is 0 Å². The maximum Gasteiger partial charge on any atom is 0.0786 e. The fourth-order valence-electron chi connectivity index (χ4n) is 12.2. The summed E-state index contributed by atoms with van der Waals surface area (Å²) < 4.78 is 0. The zero-order chi connectivity index (χ0) is 46.9. The van der Waals surface area contributed by atoms with Crippen LogP contribution in [0.2, 0.25) is 0 Å². The van der Waals surface area contributed by atoms with E-state index in [2.05, 4.69) is 222 Å². The van der Waals surface area contributed by atoms with Gasteiger partial charge in [-0.2, -0.15) is 0 Å². The van der Waals surface area contributed by atoms with Gasteiger partial charge in [-0.1, -0.05) is 173 Å². The van der Waals surface area contributed by atoms with Gasteiger partial charge in [0.2, 0.25) is 0 Å². The van der Waals surface area contributed by atoms with Crippen molar-refractivity contribution in [1.82, 2.24) is 9.97 Å². The molecule has 14 rings (SSSR count). The third kappa shape index (κ3) is 6.06. The van der Waals surface area contributed by atoms with Gasteiger partial charge in [-0.25, -0.2) is 0 Å². The Labute approximate surface area is 408 Å². The average molecular weight is 893 g/mol. The zero-order valence-electron chi connectivity index (χ0n) is 39.7. The van der Waals surface area contributed by atoms with Crippen LogP contribution in [0.5, 0.6) is 0 Å². The highest BCUT2D eigenvalue weighted by atomic mass is 14.7. The molecule has 12 aromatic rings. The summed E-state index contributed by atoms with van der Waals surface area (Å²) in [5, 5.41) is 7.13. The van der Waals surface area contributed by atoms with Crippen LogP contribution in [0.15, 0.2) is 219 Å². The molecular formula is C68H48N2. The van der Waals surface area contributed by atoms with Crippen molar-refractivity contribution in [3.8, 4) is 77.9 Å². The Hall–Kier alpha value is -8.46. The monoisotopic (exact) mass is 892 g/mol. The summed E-state index contributed by atoms with van der Waals surface area (Å²) in [6.07, 6.45) is 3.80. The quantitative estimate of drug-likeness (QED) is 0.161. The molecule has 0 N–H and O–H groups in total. The van der Waals surface area contributed by atoms with Crippen molar-refractivity contribution >= 4 is 43.4 Å². The first-order valence-electron chi connectivity index (χ1n) is 24.5. The summed E-state index contributed by atoms with van der Waals surface area (Å²) >= 11 is 0. The lowest BCUT2D eigenvalue weighted by atomic mass is 9.79. The Morgan fingerprint density at radius 3 is 0.971 bits per heavy atom. The van der Waals surface area contributed by atoms with E-state index >= 15 is 0 Å². The topological polar surface area (TPSA) is 25.8 Å². The molecule has 0 bridgehead atoms. The van der Waals surface area contributed by atoms with Crippen LogP contribution in [-0.4, -0.2) is 9.97 Å². The summed E-state index contributed by atoms with van der Waals surface area (Å²) in [6, 6.07) is 76.9. The normalized spacial score (nSPS) is 13.9. The fourth-order valence-corrected chi connectivity index (χ4v) is 12.2. The first-order chi connectivity index (χ1) is 34.2. The lowest BCUT2D eigenvalue weighted by Crippen LogP contribution is -2.15. The second kappa shape index (κ2) is 15.0. The van der Waals surface area contributed by atoms with Gasteiger partial charge in [0.1, 0.15) is 0 Å². The van der Waals surface area contributed by atoms with Crippen molar-refractivity contribution in [1.29, 1.82) is 0 Å². The first kappa shape index (κ1) is 40.6. The number of pyridine rings is 2. The van der Waals surface area contributed by atoms with E-state index in [1.165, 1.54) is 132 Å². The molecule has 330 valence electrons. The third-order valence-electron chi connectivity index (χ3n) is 15.9. The van der Waals surface area contributed by atoms with Crippen LogP contribution in [0.25, 0.3) is 121 Å². The number of hydrogen-bond donors (Lipinski definition) is 0. The molecule has 2 aliphatic carbocycles. The highest BCUT2D eigenvalue weighted by Gasteiger charge is 2.38. The Balaban J connectivity index is 0.774. The standard InChI is InChI=1S/C68H48N2/c1-67(2)61-37-43(41-15-9-17-47(33-41)59-35-49-13-5-7-19-51(49)65-57(59)21-11-31-69-65)23-27-53(61)55-29-25-45(39-63(55)67)46-26-30-56-54-28-24-44(38-62(54)68(3,4)64(56)40-46)42-16-10-18-48(34-42)60-36-50-14-6-8-20-52(50)66-58(60)22-12-32-70-66/h5-40H,1-4H3. The van der Waals surface area contributed by atoms with Crippen molar-refractivity contribution in [2.45, 2.75) is 38.5 Å².